The Labute approximate surface area is 311 Å². The Morgan fingerprint density at radius 1 is 0.868 bits per heavy atom. The normalized spacial score (nSPS) is 22.7. The third-order valence-corrected chi connectivity index (χ3v) is 10.8. The molecular formula is C36H60FN6O9P. The average Bonchev–Trinajstić information content (AvgIpc) is 3.75. The highest BCUT2D eigenvalue weighted by Gasteiger charge is 2.38. The van der Waals surface area contributed by atoms with E-state index >= 15 is 0 Å². The van der Waals surface area contributed by atoms with E-state index in [9.17, 15) is 28.5 Å². The van der Waals surface area contributed by atoms with Gasteiger partial charge in [-0.05, 0) is 25.3 Å². The summed E-state index contributed by atoms with van der Waals surface area (Å²) in [5.74, 6) is -0.790. The van der Waals surface area contributed by atoms with E-state index in [0.717, 1.165) is 30.0 Å². The molecule has 4 rings (SSSR count). The predicted molar refractivity (Wildman–Crippen MR) is 199 cm³/mol. The number of hydrogen-bond donors (Lipinski definition) is 4. The van der Waals surface area contributed by atoms with Crippen molar-refractivity contribution in [2.45, 2.75) is 160 Å². The SMILES string of the molecule is CCCCCCCCCCCCCCCCCCNc1nc(=O)n([C@H]2C[C@H](O)[C@@H](COP(=O)(O)OC[C@@H]3CC[C@H](n4ccc(N)nc4=O)O3)O2)cc1F. The van der Waals surface area contributed by atoms with Crippen LogP contribution in [0.1, 0.15) is 141 Å². The third-order valence-electron chi connectivity index (χ3n) is 9.82. The number of phosphoric ester groups is 1. The molecule has 0 aromatic carbocycles. The molecule has 0 bridgehead atoms. The number of anilines is 2. The molecule has 2 aliphatic heterocycles. The standard InChI is InChI=1S/C36H60FN6O9P/c1-2-3-4-5-6-7-8-9-10-11-12-13-14-15-16-17-21-39-34-28(37)24-43(36(46)41-34)33-23-29(44)30(52-33)26-50-53(47,48)49-25-27-18-19-32(51-27)42-22-20-31(38)40-35(42)45/h20,22,24,27,29-30,32-33,44H,2-19,21,23,25-26H2,1H3,(H,47,48)(H2,38,40,45)(H,39,41,46)/t27-,29-,30+,32+,33+/m0/s1. The Hall–Kier alpha value is -2.72. The summed E-state index contributed by atoms with van der Waals surface area (Å²) in [6.07, 6.45) is 18.9. The summed E-state index contributed by atoms with van der Waals surface area (Å²) in [4.78, 5) is 42.5. The molecule has 2 aromatic rings. The molecule has 0 spiro atoms. The van der Waals surface area contributed by atoms with E-state index in [1.54, 1.807) is 0 Å². The number of aromatic nitrogens is 4. The van der Waals surface area contributed by atoms with E-state index in [2.05, 4.69) is 22.2 Å². The molecule has 1 unspecified atom stereocenters. The summed E-state index contributed by atoms with van der Waals surface area (Å²) < 4.78 is 51.3. The van der Waals surface area contributed by atoms with Gasteiger partial charge in [-0.3, -0.25) is 18.2 Å². The topological polar surface area (TPSA) is 202 Å². The van der Waals surface area contributed by atoms with E-state index in [1.165, 1.54) is 100 Å². The average molecular weight is 771 g/mol. The van der Waals surface area contributed by atoms with Gasteiger partial charge in [0.15, 0.2) is 11.6 Å². The van der Waals surface area contributed by atoms with Gasteiger partial charge in [0, 0.05) is 19.2 Å². The summed E-state index contributed by atoms with van der Waals surface area (Å²) in [6, 6.07) is 1.47. The van der Waals surface area contributed by atoms with Crippen LogP contribution in [0.15, 0.2) is 28.0 Å². The second kappa shape index (κ2) is 22.6. The summed E-state index contributed by atoms with van der Waals surface area (Å²) in [5, 5.41) is 13.4. The van der Waals surface area contributed by atoms with Crippen LogP contribution in [-0.2, 0) is 23.1 Å². The molecule has 2 aromatic heterocycles. The van der Waals surface area contributed by atoms with Gasteiger partial charge >= 0.3 is 19.2 Å². The van der Waals surface area contributed by atoms with Crippen molar-refractivity contribution in [3.05, 3.63) is 45.2 Å². The van der Waals surface area contributed by atoms with Crippen LogP contribution in [0, 0.1) is 5.82 Å². The maximum Gasteiger partial charge on any atom is 0.472 e. The van der Waals surface area contributed by atoms with Crippen molar-refractivity contribution >= 4 is 19.5 Å². The largest absolute Gasteiger partial charge is 0.472 e. The lowest BCUT2D eigenvalue weighted by Gasteiger charge is -2.20. The van der Waals surface area contributed by atoms with Crippen molar-refractivity contribution in [3.63, 3.8) is 0 Å². The molecule has 300 valence electrons. The first-order valence-corrected chi connectivity index (χ1v) is 21.0. The van der Waals surface area contributed by atoms with Crippen LogP contribution < -0.4 is 22.4 Å². The minimum atomic E-state index is -4.60. The Bertz CT molecular complexity index is 1550. The third kappa shape index (κ3) is 14.8. The molecule has 0 saturated carbocycles. The van der Waals surface area contributed by atoms with Gasteiger partial charge in [0.05, 0.1) is 31.6 Å². The molecule has 17 heteroatoms. The van der Waals surface area contributed by atoms with E-state index in [4.69, 9.17) is 24.3 Å². The Morgan fingerprint density at radius 2 is 1.45 bits per heavy atom. The number of halogens is 1. The quantitative estimate of drug-likeness (QED) is 0.0609. The Kier molecular flexibility index (Phi) is 18.3. The van der Waals surface area contributed by atoms with Gasteiger partial charge < -0.3 is 30.5 Å². The number of hydrogen-bond acceptors (Lipinski definition) is 12. The monoisotopic (exact) mass is 770 g/mol. The zero-order valence-corrected chi connectivity index (χ0v) is 32.0. The molecule has 15 nitrogen and oxygen atoms in total. The molecule has 0 radical (unpaired) electrons. The first kappa shape index (κ1) is 43.0. The summed E-state index contributed by atoms with van der Waals surface area (Å²) in [7, 11) is -4.60. The van der Waals surface area contributed by atoms with Crippen molar-refractivity contribution in [3.8, 4) is 0 Å². The van der Waals surface area contributed by atoms with Crippen molar-refractivity contribution in [2.24, 2.45) is 0 Å². The highest BCUT2D eigenvalue weighted by molar-refractivity contribution is 7.47. The van der Waals surface area contributed by atoms with Crippen LogP contribution >= 0.6 is 7.82 Å². The Balaban J connectivity index is 1.07. The van der Waals surface area contributed by atoms with E-state index in [-0.39, 0.29) is 24.7 Å². The molecule has 0 amide bonds. The number of nitrogens with zero attached hydrogens (tertiary/aromatic N) is 4. The molecular weight excluding hydrogens is 710 g/mol. The number of unbranched alkanes of at least 4 members (excludes halogenated alkanes) is 15. The molecule has 5 N–H and O–H groups in total. The smallest absolute Gasteiger partial charge is 0.390 e. The van der Waals surface area contributed by atoms with Gasteiger partial charge in [-0.1, -0.05) is 103 Å². The fourth-order valence-corrected chi connectivity index (χ4v) is 7.50. The number of nitrogens with two attached hydrogens (primary N) is 1. The number of aliphatic hydroxyl groups is 1. The fraction of sp³-hybridized carbons (Fsp3) is 0.778. The summed E-state index contributed by atoms with van der Waals surface area (Å²) >= 11 is 0. The maximum absolute atomic E-state index is 14.9. The van der Waals surface area contributed by atoms with Crippen LogP contribution in [-0.4, -0.2) is 67.2 Å². The maximum atomic E-state index is 14.9. The zero-order chi connectivity index (χ0) is 38.1. The van der Waals surface area contributed by atoms with E-state index in [1.807, 2.05) is 0 Å². The van der Waals surface area contributed by atoms with Crippen LogP contribution in [0.2, 0.25) is 0 Å². The molecule has 6 atom stereocenters. The van der Waals surface area contributed by atoms with Gasteiger partial charge in [-0.25, -0.2) is 18.5 Å². The number of aliphatic hydroxyl groups excluding tert-OH is 1. The van der Waals surface area contributed by atoms with Gasteiger partial charge in [0.2, 0.25) is 0 Å². The number of nitrogen functional groups attached to an aromatic ring is 1. The van der Waals surface area contributed by atoms with Crippen molar-refractivity contribution in [2.75, 3.05) is 30.8 Å². The van der Waals surface area contributed by atoms with Crippen LogP contribution in [0.25, 0.3) is 0 Å². The van der Waals surface area contributed by atoms with Crippen molar-refractivity contribution in [1.82, 2.24) is 19.1 Å². The fourth-order valence-electron chi connectivity index (χ4n) is 6.73. The first-order valence-electron chi connectivity index (χ1n) is 19.5. The minimum Gasteiger partial charge on any atom is -0.390 e. The highest BCUT2D eigenvalue weighted by Crippen LogP contribution is 2.45. The lowest BCUT2D eigenvalue weighted by atomic mass is 10.0. The lowest BCUT2D eigenvalue weighted by Crippen LogP contribution is -2.29. The molecule has 2 fully saturated rings. The summed E-state index contributed by atoms with van der Waals surface area (Å²) in [5.41, 5.74) is 4.19. The predicted octanol–water partition coefficient (Wildman–Crippen LogP) is 6.35. The minimum absolute atomic E-state index is 0.0855. The van der Waals surface area contributed by atoms with Gasteiger partial charge in [0.25, 0.3) is 0 Å². The highest BCUT2D eigenvalue weighted by atomic mass is 31.2. The van der Waals surface area contributed by atoms with Crippen molar-refractivity contribution < 1.29 is 37.5 Å². The van der Waals surface area contributed by atoms with Gasteiger partial charge in [0.1, 0.15) is 24.4 Å². The number of phosphoric acid groups is 1. The van der Waals surface area contributed by atoms with E-state index < -0.39 is 62.4 Å². The molecule has 4 heterocycles. The molecule has 2 aliphatic rings. The van der Waals surface area contributed by atoms with Gasteiger partial charge in [-0.15, -0.1) is 0 Å². The van der Waals surface area contributed by atoms with Crippen LogP contribution in [0.5, 0.6) is 0 Å². The van der Waals surface area contributed by atoms with Gasteiger partial charge in [-0.2, -0.15) is 9.97 Å². The van der Waals surface area contributed by atoms with Crippen molar-refractivity contribution in [1.29, 1.82) is 0 Å². The van der Waals surface area contributed by atoms with Crippen LogP contribution in [0.4, 0.5) is 16.0 Å². The molecule has 53 heavy (non-hydrogen) atoms. The zero-order valence-electron chi connectivity index (χ0n) is 31.1. The second-order valence-corrected chi connectivity index (χ2v) is 15.6. The lowest BCUT2D eigenvalue weighted by molar-refractivity contribution is -0.0516. The number of nitrogens with one attached hydrogen (secondary N) is 1. The number of ether oxygens (including phenoxy) is 2. The first-order chi connectivity index (χ1) is 25.6. The molecule has 0 aliphatic carbocycles. The molecule has 2 saturated heterocycles. The number of rotatable bonds is 26. The van der Waals surface area contributed by atoms with E-state index in [0.29, 0.717) is 19.4 Å². The van der Waals surface area contributed by atoms with Crippen LogP contribution in [0.3, 0.4) is 0 Å². The Morgan fingerprint density at radius 3 is 2.08 bits per heavy atom. The summed E-state index contributed by atoms with van der Waals surface area (Å²) in [6.45, 7) is 1.91. The second-order valence-electron chi connectivity index (χ2n) is 14.2.